The molecule has 4 rings (SSSR count). The van der Waals surface area contributed by atoms with Gasteiger partial charge in [-0.25, -0.2) is 14.7 Å². The number of halogens is 3. The fourth-order valence-electron chi connectivity index (χ4n) is 4.38. The second kappa shape index (κ2) is 9.93. The van der Waals surface area contributed by atoms with Gasteiger partial charge in [0.25, 0.3) is 5.91 Å². The lowest BCUT2D eigenvalue weighted by Gasteiger charge is -2.21. The Bertz CT molecular complexity index is 1100. The molecule has 1 aromatic heterocycles. The van der Waals surface area contributed by atoms with Crippen molar-refractivity contribution in [2.45, 2.75) is 58.0 Å². The molecule has 2 aromatic rings. The molecule has 1 atom stereocenters. The number of hydrogen-bond acceptors (Lipinski definition) is 5. The van der Waals surface area contributed by atoms with E-state index in [1.165, 1.54) is 23.2 Å². The molecule has 1 unspecified atom stereocenters. The molecule has 4 amide bonds. The number of carbonyl (C=O) groups excluding carboxylic acids is 3. The summed E-state index contributed by atoms with van der Waals surface area (Å²) in [7, 11) is 0. The number of benzene rings is 1. The van der Waals surface area contributed by atoms with Crippen LogP contribution in [-0.2, 0) is 16.1 Å². The van der Waals surface area contributed by atoms with E-state index in [-0.39, 0.29) is 24.1 Å². The maximum absolute atomic E-state index is 13.0. The zero-order valence-corrected chi connectivity index (χ0v) is 19.0. The molecule has 0 bridgehead atoms. The molecule has 2 aliphatic rings. The van der Waals surface area contributed by atoms with Crippen molar-refractivity contribution < 1.29 is 32.3 Å². The van der Waals surface area contributed by atoms with E-state index in [1.54, 1.807) is 19.1 Å². The average molecular weight is 490 g/mol. The number of ether oxygens (including phenoxy) is 1. The standard InChI is InChI=1S/C24H25F3N4O4/c1-15-22(33)31(18-7-9-19(10-8-18)35-24(25,26)27)23(34)30(15)14-16-11-12-28-20(13-16)29-21(32)17-5-3-2-4-6-17/h7-13,15,17H,2-6,14H2,1H3,(H,28,29,32). The first-order valence-corrected chi connectivity index (χ1v) is 11.4. The van der Waals surface area contributed by atoms with E-state index >= 15 is 0 Å². The van der Waals surface area contributed by atoms with Crippen molar-refractivity contribution in [2.24, 2.45) is 5.92 Å². The summed E-state index contributed by atoms with van der Waals surface area (Å²) in [6.45, 7) is 1.67. The van der Waals surface area contributed by atoms with Crippen LogP contribution in [0.2, 0.25) is 0 Å². The second-order valence-electron chi connectivity index (χ2n) is 8.68. The normalized spacial score (nSPS) is 19.3. The largest absolute Gasteiger partial charge is 0.573 e. The van der Waals surface area contributed by atoms with E-state index in [0.717, 1.165) is 49.1 Å². The lowest BCUT2D eigenvalue weighted by Crippen LogP contribution is -2.33. The van der Waals surface area contributed by atoms with Crippen molar-refractivity contribution in [2.75, 3.05) is 10.2 Å². The molecule has 35 heavy (non-hydrogen) atoms. The van der Waals surface area contributed by atoms with Crippen LogP contribution in [0.25, 0.3) is 0 Å². The minimum Gasteiger partial charge on any atom is -0.406 e. The van der Waals surface area contributed by atoms with Gasteiger partial charge in [-0.3, -0.25) is 9.59 Å². The molecule has 1 saturated heterocycles. The van der Waals surface area contributed by atoms with Crippen LogP contribution < -0.4 is 15.0 Å². The van der Waals surface area contributed by atoms with Gasteiger partial charge < -0.3 is 15.0 Å². The number of carbonyl (C=O) groups is 3. The monoisotopic (exact) mass is 490 g/mol. The highest BCUT2D eigenvalue weighted by Gasteiger charge is 2.43. The smallest absolute Gasteiger partial charge is 0.406 e. The summed E-state index contributed by atoms with van der Waals surface area (Å²) in [5, 5.41) is 2.84. The van der Waals surface area contributed by atoms with Gasteiger partial charge in [-0.1, -0.05) is 19.3 Å². The van der Waals surface area contributed by atoms with E-state index in [9.17, 15) is 27.6 Å². The number of nitrogens with one attached hydrogen (secondary N) is 1. The Labute approximate surface area is 200 Å². The van der Waals surface area contributed by atoms with Crippen LogP contribution in [0.1, 0.15) is 44.6 Å². The molecule has 0 spiro atoms. The fraction of sp³-hybridized carbons (Fsp3) is 0.417. The number of amides is 4. The molecule has 8 nitrogen and oxygen atoms in total. The number of anilines is 2. The summed E-state index contributed by atoms with van der Waals surface area (Å²) in [5.41, 5.74) is 0.807. The maximum Gasteiger partial charge on any atom is 0.573 e. The Morgan fingerprint density at radius 1 is 1.11 bits per heavy atom. The molecule has 11 heteroatoms. The topological polar surface area (TPSA) is 91.8 Å². The zero-order chi connectivity index (χ0) is 25.2. The molecule has 2 heterocycles. The second-order valence-corrected chi connectivity index (χ2v) is 8.68. The predicted octanol–water partition coefficient (Wildman–Crippen LogP) is 4.86. The number of rotatable bonds is 6. The quantitative estimate of drug-likeness (QED) is 0.584. The van der Waals surface area contributed by atoms with Gasteiger partial charge in [-0.05, 0) is 61.7 Å². The minimum atomic E-state index is -4.84. The van der Waals surface area contributed by atoms with E-state index in [0.29, 0.717) is 11.4 Å². The third kappa shape index (κ3) is 5.72. The van der Waals surface area contributed by atoms with Crippen molar-refractivity contribution in [1.29, 1.82) is 0 Å². The molecule has 1 aliphatic heterocycles. The summed E-state index contributed by atoms with van der Waals surface area (Å²) < 4.78 is 41.0. The van der Waals surface area contributed by atoms with Gasteiger partial charge in [-0.15, -0.1) is 13.2 Å². The van der Waals surface area contributed by atoms with Gasteiger partial charge in [0, 0.05) is 18.7 Å². The Hall–Kier alpha value is -3.63. The Morgan fingerprint density at radius 2 is 1.80 bits per heavy atom. The van der Waals surface area contributed by atoms with Crippen LogP contribution in [0.5, 0.6) is 5.75 Å². The Morgan fingerprint density at radius 3 is 2.46 bits per heavy atom. The SMILES string of the molecule is CC1C(=O)N(c2ccc(OC(F)(F)F)cc2)C(=O)N1Cc1ccnc(NC(=O)C2CCCCC2)c1. The summed E-state index contributed by atoms with van der Waals surface area (Å²) in [6.07, 6.45) is 1.59. The number of alkyl halides is 3. The van der Waals surface area contributed by atoms with E-state index in [1.807, 2.05) is 0 Å². The first-order valence-electron chi connectivity index (χ1n) is 11.4. The number of hydrogen-bond donors (Lipinski definition) is 1. The van der Waals surface area contributed by atoms with Crippen LogP contribution in [0.15, 0.2) is 42.6 Å². The van der Waals surface area contributed by atoms with Crippen LogP contribution in [-0.4, -0.2) is 40.1 Å². The van der Waals surface area contributed by atoms with Crippen LogP contribution >= 0.6 is 0 Å². The molecule has 1 N–H and O–H groups in total. The minimum absolute atomic E-state index is 0.0338. The zero-order valence-electron chi connectivity index (χ0n) is 19.0. The summed E-state index contributed by atoms with van der Waals surface area (Å²) in [6, 6.07) is 6.49. The van der Waals surface area contributed by atoms with Gasteiger partial charge in [0.2, 0.25) is 5.91 Å². The van der Waals surface area contributed by atoms with Crippen molar-refractivity contribution in [3.63, 3.8) is 0 Å². The number of pyridine rings is 1. The molecule has 1 aliphatic carbocycles. The van der Waals surface area contributed by atoms with Gasteiger partial charge in [0.15, 0.2) is 0 Å². The van der Waals surface area contributed by atoms with Gasteiger partial charge in [-0.2, -0.15) is 0 Å². The third-order valence-corrected chi connectivity index (χ3v) is 6.22. The summed E-state index contributed by atoms with van der Waals surface area (Å²) in [4.78, 5) is 44.9. The Kier molecular flexibility index (Phi) is 6.95. The molecule has 186 valence electrons. The van der Waals surface area contributed by atoms with Crippen LogP contribution in [0.4, 0.5) is 29.5 Å². The van der Waals surface area contributed by atoms with Crippen molar-refractivity contribution >= 4 is 29.4 Å². The summed E-state index contributed by atoms with van der Waals surface area (Å²) >= 11 is 0. The van der Waals surface area contributed by atoms with Crippen LogP contribution in [0.3, 0.4) is 0 Å². The van der Waals surface area contributed by atoms with E-state index in [4.69, 9.17) is 0 Å². The highest BCUT2D eigenvalue weighted by Crippen LogP contribution is 2.30. The van der Waals surface area contributed by atoms with Gasteiger partial charge in [0.05, 0.1) is 5.69 Å². The number of imide groups is 1. The van der Waals surface area contributed by atoms with Gasteiger partial charge >= 0.3 is 12.4 Å². The van der Waals surface area contributed by atoms with Crippen molar-refractivity contribution in [1.82, 2.24) is 9.88 Å². The highest BCUT2D eigenvalue weighted by molar-refractivity contribution is 6.21. The van der Waals surface area contributed by atoms with E-state index < -0.39 is 30.1 Å². The first-order chi connectivity index (χ1) is 16.6. The summed E-state index contributed by atoms with van der Waals surface area (Å²) in [5.74, 6) is -0.683. The van der Waals surface area contributed by atoms with Crippen molar-refractivity contribution in [3.8, 4) is 5.75 Å². The number of aromatic nitrogens is 1. The van der Waals surface area contributed by atoms with Crippen LogP contribution in [0, 0.1) is 5.92 Å². The molecular weight excluding hydrogens is 465 g/mol. The predicted molar refractivity (Wildman–Crippen MR) is 120 cm³/mol. The Balaban J connectivity index is 1.44. The first kappa shape index (κ1) is 24.5. The number of urea groups is 1. The molecule has 1 aromatic carbocycles. The molecule has 1 saturated carbocycles. The lowest BCUT2D eigenvalue weighted by atomic mass is 9.89. The number of nitrogens with zero attached hydrogens (tertiary/aromatic N) is 3. The van der Waals surface area contributed by atoms with Gasteiger partial charge in [0.1, 0.15) is 17.6 Å². The molecular formula is C24H25F3N4O4. The lowest BCUT2D eigenvalue weighted by molar-refractivity contribution is -0.274. The maximum atomic E-state index is 13.0. The highest BCUT2D eigenvalue weighted by atomic mass is 19.4. The van der Waals surface area contributed by atoms with E-state index in [2.05, 4.69) is 15.0 Å². The molecule has 2 fully saturated rings. The molecule has 0 radical (unpaired) electrons. The fourth-order valence-corrected chi connectivity index (χ4v) is 4.38. The third-order valence-electron chi connectivity index (χ3n) is 6.22. The van der Waals surface area contributed by atoms with Crippen molar-refractivity contribution in [3.05, 3.63) is 48.2 Å². The average Bonchev–Trinajstić information content (AvgIpc) is 3.02.